The SMILES string of the molecule is CC1=C(C)C(C)(C)C(C(C)(C)C2c3ccccc3-c3c2ccc2ccccc32)=C1C.[Cl-].[Cl-].[Zr+2]. The Kier molecular flexibility index (Phi) is 8.08. The van der Waals surface area contributed by atoms with Gasteiger partial charge in [-0.25, -0.2) is 0 Å². The molecular formula is C30H32Cl2Zr. The van der Waals surface area contributed by atoms with Crippen LogP contribution in [0.5, 0.6) is 0 Å². The van der Waals surface area contributed by atoms with E-state index in [1.54, 1.807) is 5.57 Å². The fourth-order valence-electron chi connectivity index (χ4n) is 6.78. The van der Waals surface area contributed by atoms with E-state index < -0.39 is 0 Å². The Balaban J connectivity index is 0.00000128. The van der Waals surface area contributed by atoms with E-state index in [-0.39, 0.29) is 61.8 Å². The van der Waals surface area contributed by atoms with Gasteiger partial charge in [0.2, 0.25) is 0 Å². The molecule has 2 aliphatic rings. The molecule has 0 saturated heterocycles. The number of fused-ring (bicyclic) bond motifs is 5. The smallest absolute Gasteiger partial charge is 1.00 e. The van der Waals surface area contributed by atoms with E-state index in [2.05, 4.69) is 109 Å². The number of benzene rings is 3. The van der Waals surface area contributed by atoms with Gasteiger partial charge in [-0.05, 0) is 70.4 Å². The molecule has 3 aromatic rings. The average Bonchev–Trinajstić information content (AvgIpc) is 3.14. The summed E-state index contributed by atoms with van der Waals surface area (Å²) in [6.07, 6.45) is 0. The Morgan fingerprint density at radius 2 is 1.33 bits per heavy atom. The van der Waals surface area contributed by atoms with Crippen LogP contribution in [0.4, 0.5) is 0 Å². The van der Waals surface area contributed by atoms with E-state index in [4.69, 9.17) is 0 Å². The molecule has 2 aliphatic carbocycles. The Hall–Kier alpha value is -1.14. The molecule has 170 valence electrons. The van der Waals surface area contributed by atoms with Gasteiger partial charge in [-0.1, -0.05) is 99.5 Å². The van der Waals surface area contributed by atoms with Gasteiger partial charge in [0.15, 0.2) is 0 Å². The van der Waals surface area contributed by atoms with E-state index in [0.29, 0.717) is 5.92 Å². The maximum absolute atomic E-state index is 2.48. The van der Waals surface area contributed by atoms with E-state index >= 15 is 0 Å². The third-order valence-electron chi connectivity index (χ3n) is 8.24. The largest absolute Gasteiger partial charge is 2.00 e. The molecule has 0 aliphatic heterocycles. The van der Waals surface area contributed by atoms with Gasteiger partial charge >= 0.3 is 26.2 Å². The molecule has 3 aromatic carbocycles. The fraction of sp³-hybridized carbons (Fsp3) is 0.333. The van der Waals surface area contributed by atoms with Crippen LogP contribution >= 0.6 is 0 Å². The summed E-state index contributed by atoms with van der Waals surface area (Å²) < 4.78 is 0. The van der Waals surface area contributed by atoms with Crippen LogP contribution in [-0.2, 0) is 26.2 Å². The molecule has 0 fully saturated rings. The van der Waals surface area contributed by atoms with Crippen LogP contribution in [0.25, 0.3) is 21.9 Å². The summed E-state index contributed by atoms with van der Waals surface area (Å²) in [5, 5.41) is 2.71. The number of hydrogen-bond donors (Lipinski definition) is 0. The molecule has 0 N–H and O–H groups in total. The number of hydrogen-bond acceptors (Lipinski definition) is 0. The molecule has 33 heavy (non-hydrogen) atoms. The number of allylic oxidation sites excluding steroid dienone is 4. The zero-order chi connectivity index (χ0) is 21.4. The van der Waals surface area contributed by atoms with Crippen LogP contribution < -0.4 is 24.8 Å². The minimum absolute atomic E-state index is 0. The molecule has 3 heteroatoms. The van der Waals surface area contributed by atoms with Crippen molar-refractivity contribution in [1.29, 1.82) is 0 Å². The topological polar surface area (TPSA) is 0 Å². The number of rotatable bonds is 2. The van der Waals surface area contributed by atoms with Crippen molar-refractivity contribution in [2.75, 3.05) is 0 Å². The van der Waals surface area contributed by atoms with Crippen LogP contribution in [0.3, 0.4) is 0 Å². The minimum atomic E-state index is 0. The van der Waals surface area contributed by atoms with Gasteiger partial charge < -0.3 is 24.8 Å². The van der Waals surface area contributed by atoms with Crippen molar-refractivity contribution in [2.24, 2.45) is 10.8 Å². The first-order chi connectivity index (χ1) is 14.2. The van der Waals surface area contributed by atoms with Crippen molar-refractivity contribution in [3.8, 4) is 11.1 Å². The van der Waals surface area contributed by atoms with E-state index in [1.165, 1.54) is 49.7 Å². The van der Waals surface area contributed by atoms with Crippen LogP contribution in [0.1, 0.15) is 65.5 Å². The normalized spacial score (nSPS) is 18.3. The van der Waals surface area contributed by atoms with Gasteiger partial charge in [-0.2, -0.15) is 0 Å². The molecule has 0 amide bonds. The van der Waals surface area contributed by atoms with E-state index in [0.717, 1.165) is 0 Å². The third-order valence-corrected chi connectivity index (χ3v) is 8.24. The van der Waals surface area contributed by atoms with Crippen molar-refractivity contribution in [3.05, 3.63) is 94.1 Å². The molecule has 0 saturated carbocycles. The predicted molar refractivity (Wildman–Crippen MR) is 130 cm³/mol. The molecular weight excluding hydrogens is 522 g/mol. The van der Waals surface area contributed by atoms with Crippen LogP contribution in [0, 0.1) is 10.8 Å². The van der Waals surface area contributed by atoms with Gasteiger partial charge in [0.25, 0.3) is 0 Å². The first-order valence-corrected chi connectivity index (χ1v) is 11.2. The third kappa shape index (κ3) is 3.84. The summed E-state index contributed by atoms with van der Waals surface area (Å²) in [6.45, 7) is 16.8. The molecule has 1 unspecified atom stereocenters. The standard InChI is InChI=1S/C30H32.2ClH.Zr/c1-18-19(2)28(29(4,5)20(18)3)30(6,7)27-24-15-11-10-14-23(24)26-22-13-9-8-12-21(22)16-17-25(26)27;;;/h8-17,27H,1-7H3;2*1H;/q;;;+2/p-2. The quantitative estimate of drug-likeness (QED) is 0.457. The van der Waals surface area contributed by atoms with Crippen molar-refractivity contribution in [1.82, 2.24) is 0 Å². The van der Waals surface area contributed by atoms with Gasteiger partial charge in [0.1, 0.15) is 0 Å². The maximum Gasteiger partial charge on any atom is 2.00 e. The molecule has 5 rings (SSSR count). The Morgan fingerprint density at radius 3 is 1.97 bits per heavy atom. The summed E-state index contributed by atoms with van der Waals surface area (Å²) in [5.74, 6) is 0.358. The second-order valence-electron chi connectivity index (χ2n) is 10.4. The molecule has 0 radical (unpaired) electrons. The summed E-state index contributed by atoms with van der Waals surface area (Å²) in [6, 6.07) is 22.7. The Labute approximate surface area is 230 Å². The average molecular weight is 555 g/mol. The zero-order valence-corrected chi connectivity index (χ0v) is 24.6. The van der Waals surface area contributed by atoms with E-state index in [1.807, 2.05) is 0 Å². The van der Waals surface area contributed by atoms with Crippen LogP contribution in [-0.4, -0.2) is 0 Å². The maximum atomic E-state index is 2.48. The molecule has 0 heterocycles. The fourth-order valence-corrected chi connectivity index (χ4v) is 6.78. The Morgan fingerprint density at radius 1 is 0.727 bits per heavy atom. The minimum Gasteiger partial charge on any atom is -1.00 e. The van der Waals surface area contributed by atoms with Crippen molar-refractivity contribution in [2.45, 2.75) is 54.4 Å². The van der Waals surface area contributed by atoms with E-state index in [9.17, 15) is 0 Å². The first-order valence-electron chi connectivity index (χ1n) is 11.2. The number of halogens is 2. The van der Waals surface area contributed by atoms with Crippen molar-refractivity contribution in [3.63, 3.8) is 0 Å². The second-order valence-corrected chi connectivity index (χ2v) is 10.4. The predicted octanol–water partition coefficient (Wildman–Crippen LogP) is 2.68. The van der Waals surface area contributed by atoms with Crippen LogP contribution in [0.2, 0.25) is 0 Å². The summed E-state index contributed by atoms with van der Waals surface area (Å²) >= 11 is 0. The van der Waals surface area contributed by atoms with Gasteiger partial charge in [0.05, 0.1) is 0 Å². The molecule has 0 aromatic heterocycles. The van der Waals surface area contributed by atoms with Gasteiger partial charge in [0, 0.05) is 11.3 Å². The van der Waals surface area contributed by atoms with Crippen molar-refractivity contribution >= 4 is 10.8 Å². The molecule has 1 atom stereocenters. The van der Waals surface area contributed by atoms with Gasteiger partial charge in [-0.15, -0.1) is 0 Å². The molecule has 0 bridgehead atoms. The zero-order valence-electron chi connectivity index (χ0n) is 20.6. The first kappa shape index (κ1) is 28.1. The summed E-state index contributed by atoms with van der Waals surface area (Å²) in [5.41, 5.74) is 12.0. The summed E-state index contributed by atoms with van der Waals surface area (Å²) in [4.78, 5) is 0. The molecule has 0 nitrogen and oxygen atoms in total. The second kappa shape index (κ2) is 9.49. The Bertz CT molecular complexity index is 1280. The monoisotopic (exact) mass is 552 g/mol. The van der Waals surface area contributed by atoms with Gasteiger partial charge in [-0.3, -0.25) is 0 Å². The van der Waals surface area contributed by atoms with Crippen LogP contribution in [0.15, 0.2) is 83.0 Å². The summed E-state index contributed by atoms with van der Waals surface area (Å²) in [7, 11) is 0. The van der Waals surface area contributed by atoms with Crippen molar-refractivity contribution < 1.29 is 51.0 Å². The molecule has 0 spiro atoms.